The molecule has 2 aliphatic heterocycles. The van der Waals surface area contributed by atoms with E-state index in [0.717, 1.165) is 51.4 Å². The van der Waals surface area contributed by atoms with E-state index >= 15 is 0 Å². The van der Waals surface area contributed by atoms with E-state index in [2.05, 4.69) is 6.92 Å². The van der Waals surface area contributed by atoms with Gasteiger partial charge in [-0.15, -0.1) is 0 Å². The number of rotatable bonds is 16. The first kappa shape index (κ1) is 26.1. The summed E-state index contributed by atoms with van der Waals surface area (Å²) in [7, 11) is -3.67. The number of phosphoric acid groups is 1. The van der Waals surface area contributed by atoms with Crippen LogP contribution < -0.4 is 0 Å². The number of hydrogen-bond donors (Lipinski definition) is 0. The molecule has 2 aliphatic rings. The van der Waals surface area contributed by atoms with E-state index in [1.807, 2.05) is 0 Å². The summed E-state index contributed by atoms with van der Waals surface area (Å²) in [5.74, 6) is 0.0195. The third-order valence-electron chi connectivity index (χ3n) is 5.73. The number of unbranched alkanes of at least 4 members (excludes halogenated alkanes) is 9. The van der Waals surface area contributed by atoms with E-state index in [4.69, 9.17) is 18.3 Å². The van der Waals surface area contributed by atoms with Gasteiger partial charge in [-0.1, -0.05) is 58.3 Å². The molecule has 0 aromatic heterocycles. The Labute approximate surface area is 186 Å². The van der Waals surface area contributed by atoms with Crippen LogP contribution in [0, 0.1) is 5.92 Å². The van der Waals surface area contributed by atoms with Crippen molar-refractivity contribution in [1.29, 1.82) is 0 Å². The fraction of sp³-hybridized carbons (Fsp3) is 0.826. The molecule has 0 unspecified atom stereocenters. The number of carbonyl (C=O) groups excluding carboxylic acids is 2. The zero-order valence-electron chi connectivity index (χ0n) is 19.2. The van der Waals surface area contributed by atoms with Crippen LogP contribution in [0.3, 0.4) is 0 Å². The predicted octanol–water partition coefficient (Wildman–Crippen LogP) is 6.27. The van der Waals surface area contributed by atoms with Gasteiger partial charge < -0.3 is 9.26 Å². The van der Waals surface area contributed by atoms with E-state index in [1.165, 1.54) is 32.1 Å². The van der Waals surface area contributed by atoms with Crippen LogP contribution in [0.15, 0.2) is 11.3 Å². The van der Waals surface area contributed by atoms with Crippen molar-refractivity contribution in [3.05, 3.63) is 11.3 Å². The lowest BCUT2D eigenvalue weighted by Crippen LogP contribution is -2.10. The van der Waals surface area contributed by atoms with Crippen LogP contribution in [0.25, 0.3) is 0 Å². The van der Waals surface area contributed by atoms with Crippen LogP contribution >= 0.6 is 7.82 Å². The molecule has 0 bridgehead atoms. The van der Waals surface area contributed by atoms with Crippen LogP contribution in [0.1, 0.15) is 97.3 Å². The monoisotopic (exact) mass is 458 g/mol. The van der Waals surface area contributed by atoms with Gasteiger partial charge in [0, 0.05) is 12.8 Å². The van der Waals surface area contributed by atoms with E-state index in [1.54, 1.807) is 6.92 Å². The average molecular weight is 459 g/mol. The maximum Gasteiger partial charge on any atom is 0.529 e. The summed E-state index contributed by atoms with van der Waals surface area (Å²) in [4.78, 5) is 23.2. The second-order valence-electron chi connectivity index (χ2n) is 8.51. The Hall–Kier alpha value is -1.17. The van der Waals surface area contributed by atoms with Crippen molar-refractivity contribution in [1.82, 2.24) is 0 Å². The number of fused-ring (bicyclic) bond motifs is 1. The number of cyclic esters (lactones) is 1. The van der Waals surface area contributed by atoms with Crippen LogP contribution in [0.5, 0.6) is 0 Å². The van der Waals surface area contributed by atoms with Crippen LogP contribution in [0.4, 0.5) is 0 Å². The summed E-state index contributed by atoms with van der Waals surface area (Å²) >= 11 is 0. The maximum absolute atomic E-state index is 12.7. The highest BCUT2D eigenvalue weighted by molar-refractivity contribution is 7.48. The molecule has 0 N–H and O–H groups in total. The number of hydrogen-bond acceptors (Lipinski definition) is 7. The van der Waals surface area contributed by atoms with E-state index in [-0.39, 0.29) is 24.9 Å². The highest BCUT2D eigenvalue weighted by Gasteiger charge is 2.42. The third kappa shape index (κ3) is 9.46. The Morgan fingerprint density at radius 1 is 0.968 bits per heavy atom. The standard InChI is InChI=1S/C23H39O7P/c1-3-14-21(24)15-12-10-8-6-4-5-7-9-11-13-16-28-31(26)29-18-20-17-27-23(25)22(20)19(2)30-31/h20H,3-18H2,1-2H3/t20-,31-/m1/s1. The molecule has 0 spiro atoms. The molecule has 0 aromatic rings. The predicted molar refractivity (Wildman–Crippen MR) is 118 cm³/mol. The van der Waals surface area contributed by atoms with Gasteiger partial charge in [-0.3, -0.25) is 13.8 Å². The highest BCUT2D eigenvalue weighted by atomic mass is 31.2. The number of ketones is 1. The summed E-state index contributed by atoms with van der Waals surface area (Å²) in [5.41, 5.74) is 0.409. The smallest absolute Gasteiger partial charge is 0.461 e. The number of carbonyl (C=O) groups is 2. The van der Waals surface area contributed by atoms with Gasteiger partial charge in [0.2, 0.25) is 0 Å². The van der Waals surface area contributed by atoms with Crippen molar-refractivity contribution in [3.8, 4) is 0 Å². The highest BCUT2D eigenvalue weighted by Crippen LogP contribution is 2.54. The van der Waals surface area contributed by atoms with Crippen molar-refractivity contribution >= 4 is 19.6 Å². The van der Waals surface area contributed by atoms with Crippen LogP contribution in [0.2, 0.25) is 0 Å². The molecule has 0 radical (unpaired) electrons. The Kier molecular flexibility index (Phi) is 11.8. The van der Waals surface area contributed by atoms with E-state index < -0.39 is 13.8 Å². The van der Waals surface area contributed by atoms with Gasteiger partial charge in [0.1, 0.15) is 18.1 Å². The van der Waals surface area contributed by atoms with Gasteiger partial charge in [-0.2, -0.15) is 0 Å². The Bertz CT molecular complexity index is 658. The van der Waals surface area contributed by atoms with Crippen LogP contribution in [-0.2, 0) is 32.5 Å². The number of ether oxygens (including phenoxy) is 1. The number of Topliss-reactive ketones (excluding diaryl/α,β-unsaturated/α-hetero) is 1. The lowest BCUT2D eigenvalue weighted by atomic mass is 10.0. The molecule has 0 aromatic carbocycles. The molecule has 1 saturated heterocycles. The molecule has 7 nitrogen and oxygen atoms in total. The maximum atomic E-state index is 12.7. The first-order chi connectivity index (χ1) is 14.9. The fourth-order valence-electron chi connectivity index (χ4n) is 3.97. The normalized spacial score (nSPS) is 23.3. The summed E-state index contributed by atoms with van der Waals surface area (Å²) in [6.07, 6.45) is 13.7. The van der Waals surface area contributed by atoms with Gasteiger partial charge >= 0.3 is 13.8 Å². The first-order valence-electron chi connectivity index (χ1n) is 11.9. The quantitative estimate of drug-likeness (QED) is 0.153. The lowest BCUT2D eigenvalue weighted by molar-refractivity contribution is -0.135. The number of phosphoric ester groups is 1. The van der Waals surface area contributed by atoms with Crippen molar-refractivity contribution in [2.75, 3.05) is 19.8 Å². The molecule has 2 rings (SSSR count). The first-order valence-corrected chi connectivity index (χ1v) is 13.4. The summed E-state index contributed by atoms with van der Waals surface area (Å²) < 4.78 is 33.9. The van der Waals surface area contributed by atoms with E-state index in [9.17, 15) is 14.2 Å². The second kappa shape index (κ2) is 14.1. The van der Waals surface area contributed by atoms with Crippen LogP contribution in [-0.4, -0.2) is 31.6 Å². The molecule has 2 heterocycles. The SMILES string of the molecule is CCCC(=O)CCCCCCCCCCCCO[P@]1(=O)OC[C@H]2COC(=O)C2=C(C)O1. The van der Waals surface area contributed by atoms with Crippen molar-refractivity contribution in [2.45, 2.75) is 97.3 Å². The zero-order valence-corrected chi connectivity index (χ0v) is 20.1. The molecular formula is C23H39O7P. The minimum absolute atomic E-state index is 0.102. The minimum Gasteiger partial charge on any atom is -0.461 e. The van der Waals surface area contributed by atoms with Crippen molar-refractivity contribution in [2.24, 2.45) is 5.92 Å². The van der Waals surface area contributed by atoms with Gasteiger partial charge in [0.05, 0.1) is 24.7 Å². The molecule has 0 amide bonds. The second-order valence-corrected chi connectivity index (χ2v) is 10.1. The average Bonchev–Trinajstić information content (AvgIpc) is 3.04. The number of allylic oxidation sites excluding steroid dienone is 1. The molecule has 8 heteroatoms. The molecule has 31 heavy (non-hydrogen) atoms. The largest absolute Gasteiger partial charge is 0.529 e. The van der Waals surface area contributed by atoms with Gasteiger partial charge in [0.25, 0.3) is 0 Å². The van der Waals surface area contributed by atoms with Crippen molar-refractivity contribution in [3.63, 3.8) is 0 Å². The lowest BCUT2D eigenvalue weighted by Gasteiger charge is -2.17. The molecule has 0 saturated carbocycles. The molecule has 178 valence electrons. The Balaban J connectivity index is 1.45. The molecular weight excluding hydrogens is 419 g/mol. The minimum atomic E-state index is -3.67. The summed E-state index contributed by atoms with van der Waals surface area (Å²) in [6.45, 7) is 4.30. The molecule has 2 atom stereocenters. The Morgan fingerprint density at radius 3 is 2.23 bits per heavy atom. The Morgan fingerprint density at radius 2 is 1.58 bits per heavy atom. The van der Waals surface area contributed by atoms with Gasteiger partial charge in [0.15, 0.2) is 0 Å². The topological polar surface area (TPSA) is 88.1 Å². The molecule has 0 aliphatic carbocycles. The molecule has 1 fully saturated rings. The zero-order chi connectivity index (χ0) is 22.5. The third-order valence-corrected chi connectivity index (χ3v) is 7.20. The van der Waals surface area contributed by atoms with Gasteiger partial charge in [-0.25, -0.2) is 9.36 Å². The number of esters is 1. The summed E-state index contributed by atoms with van der Waals surface area (Å²) in [5, 5.41) is 0. The van der Waals surface area contributed by atoms with E-state index in [0.29, 0.717) is 18.0 Å². The summed E-state index contributed by atoms with van der Waals surface area (Å²) in [6, 6.07) is 0. The fourth-order valence-corrected chi connectivity index (χ4v) is 5.30. The van der Waals surface area contributed by atoms with Crippen molar-refractivity contribution < 1.29 is 32.5 Å². The van der Waals surface area contributed by atoms with Gasteiger partial charge in [-0.05, 0) is 26.2 Å².